The summed E-state index contributed by atoms with van der Waals surface area (Å²) in [4.78, 5) is 0. The molecule has 0 spiro atoms. The van der Waals surface area contributed by atoms with Crippen LogP contribution in [0.5, 0.6) is 0 Å². The van der Waals surface area contributed by atoms with E-state index in [4.69, 9.17) is 19.9 Å². The Labute approximate surface area is 91.4 Å². The first-order valence-electron chi connectivity index (χ1n) is 5.61. The smallest absolute Gasteiger partial charge is 0.179 e. The maximum absolute atomic E-state index is 6.02. The minimum absolute atomic E-state index is 0.315. The SMILES string of the molecule is CCOC(OCC)C(N)C1=CCCCO1. The van der Waals surface area contributed by atoms with Crippen LogP contribution in [0.15, 0.2) is 11.8 Å². The third-order valence-corrected chi connectivity index (χ3v) is 2.25. The maximum atomic E-state index is 6.02. The summed E-state index contributed by atoms with van der Waals surface area (Å²) >= 11 is 0. The van der Waals surface area contributed by atoms with E-state index in [0.717, 1.165) is 25.2 Å². The Bertz CT molecular complexity index is 200. The summed E-state index contributed by atoms with van der Waals surface area (Å²) in [5.41, 5.74) is 6.02. The van der Waals surface area contributed by atoms with Gasteiger partial charge in [0.2, 0.25) is 0 Å². The average Bonchev–Trinajstić information content (AvgIpc) is 2.29. The van der Waals surface area contributed by atoms with Crippen molar-refractivity contribution in [3.05, 3.63) is 11.8 Å². The van der Waals surface area contributed by atoms with Gasteiger partial charge in [0.05, 0.1) is 6.61 Å². The van der Waals surface area contributed by atoms with Crippen LogP contribution in [0, 0.1) is 0 Å². The largest absolute Gasteiger partial charge is 0.496 e. The Kier molecular flexibility index (Phi) is 5.68. The number of allylic oxidation sites excluding steroid dienone is 1. The molecule has 2 N–H and O–H groups in total. The minimum Gasteiger partial charge on any atom is -0.496 e. The van der Waals surface area contributed by atoms with Gasteiger partial charge in [0, 0.05) is 13.2 Å². The van der Waals surface area contributed by atoms with Crippen molar-refractivity contribution in [1.29, 1.82) is 0 Å². The molecule has 0 saturated heterocycles. The Morgan fingerprint density at radius 3 is 2.53 bits per heavy atom. The molecule has 1 aliphatic heterocycles. The lowest BCUT2D eigenvalue weighted by atomic mass is 10.1. The van der Waals surface area contributed by atoms with Crippen molar-refractivity contribution in [2.75, 3.05) is 19.8 Å². The molecule has 15 heavy (non-hydrogen) atoms. The fraction of sp³-hybridized carbons (Fsp3) is 0.818. The van der Waals surface area contributed by atoms with Crippen LogP contribution in [0.3, 0.4) is 0 Å². The first-order chi connectivity index (χ1) is 7.29. The zero-order valence-corrected chi connectivity index (χ0v) is 9.57. The molecule has 88 valence electrons. The highest BCUT2D eigenvalue weighted by atomic mass is 16.7. The molecule has 1 rings (SSSR count). The van der Waals surface area contributed by atoms with Crippen molar-refractivity contribution >= 4 is 0 Å². The summed E-state index contributed by atoms with van der Waals surface area (Å²) in [6, 6.07) is -0.315. The summed E-state index contributed by atoms with van der Waals surface area (Å²) in [6.45, 7) is 5.77. The highest BCUT2D eigenvalue weighted by Crippen LogP contribution is 2.16. The molecule has 0 radical (unpaired) electrons. The molecule has 4 nitrogen and oxygen atoms in total. The van der Waals surface area contributed by atoms with Gasteiger partial charge in [-0.3, -0.25) is 0 Å². The molecule has 0 aliphatic carbocycles. The Hall–Kier alpha value is -0.580. The van der Waals surface area contributed by atoms with Crippen LogP contribution in [-0.2, 0) is 14.2 Å². The monoisotopic (exact) mass is 215 g/mol. The van der Waals surface area contributed by atoms with Crippen LogP contribution in [0.25, 0.3) is 0 Å². The fourth-order valence-electron chi connectivity index (χ4n) is 1.53. The molecule has 1 aliphatic rings. The Morgan fingerprint density at radius 2 is 2.07 bits per heavy atom. The van der Waals surface area contributed by atoms with E-state index in [2.05, 4.69) is 0 Å². The second-order valence-electron chi connectivity index (χ2n) is 3.40. The number of nitrogens with two attached hydrogens (primary N) is 1. The summed E-state index contributed by atoms with van der Waals surface area (Å²) in [5.74, 6) is 0.799. The summed E-state index contributed by atoms with van der Waals surface area (Å²) in [7, 11) is 0. The van der Waals surface area contributed by atoms with Gasteiger partial charge in [-0.25, -0.2) is 0 Å². The maximum Gasteiger partial charge on any atom is 0.179 e. The van der Waals surface area contributed by atoms with E-state index in [0.29, 0.717) is 13.2 Å². The fourth-order valence-corrected chi connectivity index (χ4v) is 1.53. The number of hydrogen-bond acceptors (Lipinski definition) is 4. The molecular formula is C11H21NO3. The van der Waals surface area contributed by atoms with Crippen LogP contribution in [0.4, 0.5) is 0 Å². The Morgan fingerprint density at radius 1 is 1.40 bits per heavy atom. The number of ether oxygens (including phenoxy) is 3. The van der Waals surface area contributed by atoms with Gasteiger partial charge in [0.15, 0.2) is 6.29 Å². The highest BCUT2D eigenvalue weighted by molar-refractivity contribution is 5.05. The van der Waals surface area contributed by atoms with E-state index in [1.807, 2.05) is 19.9 Å². The van der Waals surface area contributed by atoms with Gasteiger partial charge in [-0.1, -0.05) is 0 Å². The number of rotatable bonds is 6. The molecule has 0 aromatic rings. The van der Waals surface area contributed by atoms with Crippen molar-refractivity contribution < 1.29 is 14.2 Å². The lowest BCUT2D eigenvalue weighted by molar-refractivity contribution is -0.148. The third kappa shape index (κ3) is 3.81. The van der Waals surface area contributed by atoms with Gasteiger partial charge in [-0.15, -0.1) is 0 Å². The summed E-state index contributed by atoms with van der Waals surface area (Å²) < 4.78 is 16.3. The highest BCUT2D eigenvalue weighted by Gasteiger charge is 2.24. The summed E-state index contributed by atoms with van der Waals surface area (Å²) in [6.07, 6.45) is 3.71. The van der Waals surface area contributed by atoms with Crippen LogP contribution in [-0.4, -0.2) is 32.2 Å². The molecule has 1 atom stereocenters. The van der Waals surface area contributed by atoms with Crippen LogP contribution < -0.4 is 5.73 Å². The van der Waals surface area contributed by atoms with Crippen LogP contribution >= 0.6 is 0 Å². The normalized spacial score (nSPS) is 18.5. The second-order valence-corrected chi connectivity index (χ2v) is 3.40. The van der Waals surface area contributed by atoms with Gasteiger partial charge in [0.25, 0.3) is 0 Å². The van der Waals surface area contributed by atoms with E-state index in [-0.39, 0.29) is 6.04 Å². The van der Waals surface area contributed by atoms with Gasteiger partial charge >= 0.3 is 0 Å². The molecule has 0 saturated carbocycles. The van der Waals surface area contributed by atoms with Crippen molar-refractivity contribution in [3.63, 3.8) is 0 Å². The minimum atomic E-state index is -0.399. The van der Waals surface area contributed by atoms with E-state index < -0.39 is 6.29 Å². The molecule has 0 aromatic heterocycles. The topological polar surface area (TPSA) is 53.7 Å². The molecule has 1 heterocycles. The molecule has 0 fully saturated rings. The van der Waals surface area contributed by atoms with E-state index in [9.17, 15) is 0 Å². The van der Waals surface area contributed by atoms with Crippen molar-refractivity contribution in [1.82, 2.24) is 0 Å². The first kappa shape index (κ1) is 12.5. The lowest BCUT2D eigenvalue weighted by Crippen LogP contribution is -2.41. The predicted octanol–water partition coefficient (Wildman–Crippen LogP) is 1.41. The third-order valence-electron chi connectivity index (χ3n) is 2.25. The molecule has 0 aromatic carbocycles. The van der Waals surface area contributed by atoms with Crippen LogP contribution in [0.1, 0.15) is 26.7 Å². The quantitative estimate of drug-likeness (QED) is 0.681. The molecule has 1 unspecified atom stereocenters. The van der Waals surface area contributed by atoms with Crippen LogP contribution in [0.2, 0.25) is 0 Å². The average molecular weight is 215 g/mol. The molecule has 4 heteroatoms. The zero-order valence-electron chi connectivity index (χ0n) is 9.57. The van der Waals surface area contributed by atoms with E-state index in [1.54, 1.807) is 0 Å². The zero-order chi connectivity index (χ0) is 11.1. The predicted molar refractivity (Wildman–Crippen MR) is 58.3 cm³/mol. The van der Waals surface area contributed by atoms with Crippen molar-refractivity contribution in [2.24, 2.45) is 5.73 Å². The van der Waals surface area contributed by atoms with Gasteiger partial charge in [-0.2, -0.15) is 0 Å². The summed E-state index contributed by atoms with van der Waals surface area (Å²) in [5, 5.41) is 0. The van der Waals surface area contributed by atoms with Gasteiger partial charge in [-0.05, 0) is 32.8 Å². The van der Waals surface area contributed by atoms with E-state index >= 15 is 0 Å². The number of hydrogen-bond donors (Lipinski definition) is 1. The lowest BCUT2D eigenvalue weighted by Gasteiger charge is -2.27. The standard InChI is InChI=1S/C11H21NO3/c1-3-13-11(14-4-2)10(12)9-7-5-6-8-15-9/h7,10-11H,3-6,8,12H2,1-2H3. The first-order valence-corrected chi connectivity index (χ1v) is 5.61. The molecular weight excluding hydrogens is 194 g/mol. The Balaban J connectivity index is 2.52. The van der Waals surface area contributed by atoms with Crippen molar-refractivity contribution in [3.8, 4) is 0 Å². The van der Waals surface area contributed by atoms with E-state index in [1.165, 1.54) is 0 Å². The second kappa shape index (κ2) is 6.82. The van der Waals surface area contributed by atoms with Gasteiger partial charge < -0.3 is 19.9 Å². The van der Waals surface area contributed by atoms with Crippen molar-refractivity contribution in [2.45, 2.75) is 39.0 Å². The molecule has 0 amide bonds. The van der Waals surface area contributed by atoms with Gasteiger partial charge in [0.1, 0.15) is 11.8 Å². The molecule has 0 bridgehead atoms.